The summed E-state index contributed by atoms with van der Waals surface area (Å²) in [5, 5.41) is 2.84. The third-order valence-electron chi connectivity index (χ3n) is 2.85. The SMILES string of the molecule is CC(C)(N)CNC(=O)CCSc1ccc2c(c1)OCCO2. The van der Waals surface area contributed by atoms with E-state index >= 15 is 0 Å². The Kier molecular flexibility index (Phi) is 5.36. The molecule has 0 atom stereocenters. The maximum Gasteiger partial charge on any atom is 0.220 e. The number of amides is 1. The van der Waals surface area contributed by atoms with E-state index in [9.17, 15) is 4.79 Å². The highest BCUT2D eigenvalue weighted by atomic mass is 32.2. The second-order valence-electron chi connectivity index (χ2n) is 5.67. The third kappa shape index (κ3) is 5.47. The number of carbonyl (C=O) groups excluding carboxylic acids is 1. The van der Waals surface area contributed by atoms with Crippen molar-refractivity contribution in [1.82, 2.24) is 5.32 Å². The fourth-order valence-electron chi connectivity index (χ4n) is 1.79. The van der Waals surface area contributed by atoms with Crippen LogP contribution in [0.15, 0.2) is 23.1 Å². The van der Waals surface area contributed by atoms with Crippen LogP contribution in [0.4, 0.5) is 0 Å². The van der Waals surface area contributed by atoms with Crippen LogP contribution in [0, 0.1) is 0 Å². The van der Waals surface area contributed by atoms with Gasteiger partial charge in [0.2, 0.25) is 5.91 Å². The van der Waals surface area contributed by atoms with Crippen molar-refractivity contribution in [2.75, 3.05) is 25.5 Å². The molecule has 0 fully saturated rings. The van der Waals surface area contributed by atoms with Gasteiger partial charge in [0.15, 0.2) is 11.5 Å². The van der Waals surface area contributed by atoms with Crippen molar-refractivity contribution >= 4 is 17.7 Å². The molecule has 0 bridgehead atoms. The number of hydrogen-bond acceptors (Lipinski definition) is 5. The van der Waals surface area contributed by atoms with Crippen LogP contribution < -0.4 is 20.5 Å². The molecule has 1 aromatic carbocycles. The first kappa shape index (κ1) is 16.0. The average molecular weight is 310 g/mol. The number of ether oxygens (including phenoxy) is 2. The van der Waals surface area contributed by atoms with E-state index in [2.05, 4.69) is 5.32 Å². The van der Waals surface area contributed by atoms with E-state index < -0.39 is 0 Å². The molecule has 3 N–H and O–H groups in total. The van der Waals surface area contributed by atoms with Gasteiger partial charge in [0, 0.05) is 29.2 Å². The quantitative estimate of drug-likeness (QED) is 0.784. The summed E-state index contributed by atoms with van der Waals surface area (Å²) in [6.45, 7) is 5.44. The van der Waals surface area contributed by atoms with Crippen LogP contribution in [0.25, 0.3) is 0 Å². The topological polar surface area (TPSA) is 73.6 Å². The minimum absolute atomic E-state index is 0.0265. The molecule has 6 heteroatoms. The van der Waals surface area contributed by atoms with Gasteiger partial charge < -0.3 is 20.5 Å². The zero-order valence-electron chi connectivity index (χ0n) is 12.5. The Balaban J connectivity index is 1.74. The summed E-state index contributed by atoms with van der Waals surface area (Å²) in [6, 6.07) is 5.85. The minimum atomic E-state index is -0.376. The van der Waals surface area contributed by atoms with Gasteiger partial charge in [-0.2, -0.15) is 0 Å². The Morgan fingerprint density at radius 3 is 2.76 bits per heavy atom. The Bertz CT molecular complexity index is 500. The Morgan fingerprint density at radius 1 is 1.33 bits per heavy atom. The van der Waals surface area contributed by atoms with Gasteiger partial charge in [-0.05, 0) is 32.0 Å². The van der Waals surface area contributed by atoms with Crippen LogP contribution in [0.3, 0.4) is 0 Å². The molecule has 0 aliphatic carbocycles. The predicted octanol–water partition coefficient (Wildman–Crippen LogP) is 1.79. The number of rotatable bonds is 6. The minimum Gasteiger partial charge on any atom is -0.486 e. The lowest BCUT2D eigenvalue weighted by molar-refractivity contribution is -0.120. The standard InChI is InChI=1S/C15H22N2O3S/c1-15(2,16)10-17-14(18)5-8-21-11-3-4-12-13(9-11)20-7-6-19-12/h3-4,9H,5-8,10,16H2,1-2H3,(H,17,18). The van der Waals surface area contributed by atoms with Gasteiger partial charge >= 0.3 is 0 Å². The first-order chi connectivity index (χ1) is 9.94. The predicted molar refractivity (Wildman–Crippen MR) is 84.0 cm³/mol. The maximum atomic E-state index is 11.7. The van der Waals surface area contributed by atoms with Crippen molar-refractivity contribution in [2.24, 2.45) is 5.73 Å². The van der Waals surface area contributed by atoms with Crippen molar-refractivity contribution < 1.29 is 14.3 Å². The lowest BCUT2D eigenvalue weighted by Crippen LogP contribution is -2.45. The highest BCUT2D eigenvalue weighted by molar-refractivity contribution is 7.99. The molecule has 1 aromatic rings. The molecule has 2 rings (SSSR count). The Morgan fingerprint density at radius 2 is 2.05 bits per heavy atom. The molecule has 1 aliphatic heterocycles. The van der Waals surface area contributed by atoms with Gasteiger partial charge in [0.05, 0.1) is 0 Å². The molecule has 1 amide bonds. The normalized spacial score (nSPS) is 13.9. The number of fused-ring (bicyclic) bond motifs is 1. The van der Waals surface area contributed by atoms with E-state index in [-0.39, 0.29) is 11.4 Å². The van der Waals surface area contributed by atoms with Gasteiger partial charge in [-0.3, -0.25) is 4.79 Å². The van der Waals surface area contributed by atoms with Gasteiger partial charge in [0.1, 0.15) is 13.2 Å². The van der Waals surface area contributed by atoms with Crippen LogP contribution in [0.2, 0.25) is 0 Å². The fourth-order valence-corrected chi connectivity index (χ4v) is 2.67. The molecule has 0 spiro atoms. The number of nitrogens with one attached hydrogen (secondary N) is 1. The molecule has 5 nitrogen and oxygen atoms in total. The summed E-state index contributed by atoms with van der Waals surface area (Å²) < 4.78 is 11.0. The number of hydrogen-bond donors (Lipinski definition) is 2. The lowest BCUT2D eigenvalue weighted by Gasteiger charge is -2.19. The van der Waals surface area contributed by atoms with Crippen LogP contribution in [-0.4, -0.2) is 37.0 Å². The summed E-state index contributed by atoms with van der Waals surface area (Å²) in [6.07, 6.45) is 0.467. The first-order valence-electron chi connectivity index (χ1n) is 7.02. The van der Waals surface area contributed by atoms with Crippen LogP contribution in [-0.2, 0) is 4.79 Å². The van der Waals surface area contributed by atoms with Crippen LogP contribution in [0.1, 0.15) is 20.3 Å². The molecule has 0 unspecified atom stereocenters. The second kappa shape index (κ2) is 7.04. The number of nitrogens with two attached hydrogens (primary N) is 1. The molecule has 0 aromatic heterocycles. The van der Waals surface area contributed by atoms with E-state index in [0.29, 0.717) is 26.2 Å². The van der Waals surface area contributed by atoms with Crippen molar-refractivity contribution in [3.8, 4) is 11.5 Å². The molecule has 0 saturated heterocycles. The monoisotopic (exact) mass is 310 g/mol. The van der Waals surface area contributed by atoms with Gasteiger partial charge in [0.25, 0.3) is 0 Å². The van der Waals surface area contributed by atoms with E-state index in [1.165, 1.54) is 0 Å². The third-order valence-corrected chi connectivity index (χ3v) is 3.85. The maximum absolute atomic E-state index is 11.7. The van der Waals surface area contributed by atoms with E-state index in [4.69, 9.17) is 15.2 Å². The van der Waals surface area contributed by atoms with Crippen molar-refractivity contribution in [2.45, 2.75) is 30.7 Å². The smallest absolute Gasteiger partial charge is 0.220 e. The van der Waals surface area contributed by atoms with E-state index in [0.717, 1.165) is 22.1 Å². The lowest BCUT2D eigenvalue weighted by atomic mass is 10.1. The summed E-state index contributed by atoms with van der Waals surface area (Å²) in [7, 11) is 0. The highest BCUT2D eigenvalue weighted by Gasteiger charge is 2.13. The van der Waals surface area contributed by atoms with Crippen molar-refractivity contribution in [3.63, 3.8) is 0 Å². The number of carbonyl (C=O) groups is 1. The number of thioether (sulfide) groups is 1. The average Bonchev–Trinajstić information content (AvgIpc) is 2.44. The first-order valence-corrected chi connectivity index (χ1v) is 8.01. The molecule has 0 saturated carbocycles. The van der Waals surface area contributed by atoms with Crippen molar-refractivity contribution in [3.05, 3.63) is 18.2 Å². The molecule has 116 valence electrons. The largest absolute Gasteiger partial charge is 0.486 e. The second-order valence-corrected chi connectivity index (χ2v) is 6.84. The summed E-state index contributed by atoms with van der Waals surface area (Å²) in [5.41, 5.74) is 5.45. The summed E-state index contributed by atoms with van der Waals surface area (Å²) in [4.78, 5) is 12.8. The fraction of sp³-hybridized carbons (Fsp3) is 0.533. The molecule has 21 heavy (non-hydrogen) atoms. The molecule has 1 aliphatic rings. The Hall–Kier alpha value is -1.40. The summed E-state index contributed by atoms with van der Waals surface area (Å²) >= 11 is 1.63. The highest BCUT2D eigenvalue weighted by Crippen LogP contribution is 2.34. The molecule has 0 radical (unpaired) electrons. The molecular formula is C15H22N2O3S. The van der Waals surface area contributed by atoms with Crippen molar-refractivity contribution in [1.29, 1.82) is 0 Å². The van der Waals surface area contributed by atoms with Gasteiger partial charge in [-0.25, -0.2) is 0 Å². The zero-order chi connectivity index (χ0) is 15.3. The van der Waals surface area contributed by atoms with Gasteiger partial charge in [-0.1, -0.05) is 0 Å². The zero-order valence-corrected chi connectivity index (χ0v) is 13.3. The number of benzene rings is 1. The summed E-state index contributed by atoms with van der Waals surface area (Å²) in [5.74, 6) is 2.31. The van der Waals surface area contributed by atoms with Gasteiger partial charge in [-0.15, -0.1) is 11.8 Å². The van der Waals surface area contributed by atoms with Crippen LogP contribution >= 0.6 is 11.8 Å². The Labute approximate surface area is 129 Å². The van der Waals surface area contributed by atoms with E-state index in [1.807, 2.05) is 32.0 Å². The van der Waals surface area contributed by atoms with Crippen LogP contribution in [0.5, 0.6) is 11.5 Å². The van der Waals surface area contributed by atoms with E-state index in [1.54, 1.807) is 11.8 Å². The molecular weight excluding hydrogens is 288 g/mol. The molecule has 1 heterocycles.